The summed E-state index contributed by atoms with van der Waals surface area (Å²) in [5.74, 6) is 0.872. The molecule has 136 valence electrons. The van der Waals surface area contributed by atoms with Crippen LogP contribution in [-0.2, 0) is 9.59 Å². The molecule has 1 aliphatic heterocycles. The maximum Gasteiger partial charge on any atom is 0.241 e. The molecule has 1 aromatic heterocycles. The number of anilines is 2. The number of halogens is 2. The summed E-state index contributed by atoms with van der Waals surface area (Å²) in [6.07, 6.45) is 2.22. The molecular formula is C15H25Cl2N5O2. The zero-order valence-corrected chi connectivity index (χ0v) is 15.5. The molecule has 1 aliphatic rings. The third kappa shape index (κ3) is 6.51. The number of nitrogens with one attached hydrogen (secondary N) is 2. The standard InChI is InChI=1S/C15H23N5O2.2ClH/c1-10(2)7-12(16)15(22)19-11-3-4-13(18-8-11)20-6-5-17-14(21)9-20;;/h3-4,8,10,12H,5-7,9,16H2,1-2H3,(H,17,21)(H,19,22);2*1H/t12-;;/m0../s1. The highest BCUT2D eigenvalue weighted by molar-refractivity contribution is 5.94. The van der Waals surface area contributed by atoms with Crippen molar-refractivity contribution in [2.24, 2.45) is 11.7 Å². The summed E-state index contributed by atoms with van der Waals surface area (Å²) < 4.78 is 0. The van der Waals surface area contributed by atoms with E-state index in [0.29, 0.717) is 31.1 Å². The lowest BCUT2D eigenvalue weighted by atomic mass is 10.0. The topological polar surface area (TPSA) is 100 Å². The Morgan fingerprint density at radius 1 is 1.42 bits per heavy atom. The number of nitrogens with zero attached hydrogens (tertiary/aromatic N) is 2. The Morgan fingerprint density at radius 3 is 2.67 bits per heavy atom. The van der Waals surface area contributed by atoms with Crippen LogP contribution in [0.1, 0.15) is 20.3 Å². The molecule has 9 heteroatoms. The molecule has 0 unspecified atom stereocenters. The molecule has 2 amide bonds. The number of nitrogens with two attached hydrogens (primary N) is 1. The highest BCUT2D eigenvalue weighted by Crippen LogP contribution is 2.15. The van der Waals surface area contributed by atoms with E-state index in [9.17, 15) is 9.59 Å². The van der Waals surface area contributed by atoms with Gasteiger partial charge < -0.3 is 21.3 Å². The van der Waals surface area contributed by atoms with Crippen molar-refractivity contribution in [1.82, 2.24) is 10.3 Å². The molecule has 1 aromatic rings. The van der Waals surface area contributed by atoms with E-state index in [1.807, 2.05) is 18.7 Å². The maximum absolute atomic E-state index is 12.0. The first-order chi connectivity index (χ1) is 10.5. The number of amides is 2. The molecule has 0 aliphatic carbocycles. The average molecular weight is 378 g/mol. The smallest absolute Gasteiger partial charge is 0.241 e. The summed E-state index contributed by atoms with van der Waals surface area (Å²) in [5, 5.41) is 5.53. The summed E-state index contributed by atoms with van der Waals surface area (Å²) in [4.78, 5) is 29.5. The van der Waals surface area contributed by atoms with E-state index in [0.717, 1.165) is 12.4 Å². The number of aromatic nitrogens is 1. The van der Waals surface area contributed by atoms with Crippen LogP contribution < -0.4 is 21.3 Å². The van der Waals surface area contributed by atoms with Crippen LogP contribution in [-0.4, -0.2) is 42.5 Å². The summed E-state index contributed by atoms with van der Waals surface area (Å²) in [7, 11) is 0. The molecule has 7 nitrogen and oxygen atoms in total. The van der Waals surface area contributed by atoms with Crippen molar-refractivity contribution in [1.29, 1.82) is 0 Å². The zero-order valence-electron chi connectivity index (χ0n) is 13.8. The second-order valence-electron chi connectivity index (χ2n) is 5.90. The van der Waals surface area contributed by atoms with Crippen molar-refractivity contribution in [2.45, 2.75) is 26.3 Å². The number of pyridine rings is 1. The highest BCUT2D eigenvalue weighted by Gasteiger charge is 2.18. The van der Waals surface area contributed by atoms with Gasteiger partial charge in [0, 0.05) is 13.1 Å². The van der Waals surface area contributed by atoms with E-state index in [1.54, 1.807) is 18.3 Å². The maximum atomic E-state index is 12.0. The van der Waals surface area contributed by atoms with E-state index < -0.39 is 6.04 Å². The van der Waals surface area contributed by atoms with Crippen LogP contribution in [0.3, 0.4) is 0 Å². The Labute approximate surface area is 154 Å². The van der Waals surface area contributed by atoms with Gasteiger partial charge >= 0.3 is 0 Å². The molecule has 2 heterocycles. The van der Waals surface area contributed by atoms with Gasteiger partial charge in [0.2, 0.25) is 11.8 Å². The van der Waals surface area contributed by atoms with Crippen LogP contribution in [0.4, 0.5) is 11.5 Å². The van der Waals surface area contributed by atoms with Gasteiger partial charge in [-0.15, -0.1) is 24.8 Å². The molecule has 1 atom stereocenters. The number of piperazine rings is 1. The van der Waals surface area contributed by atoms with Gasteiger partial charge in [-0.25, -0.2) is 4.98 Å². The molecule has 0 bridgehead atoms. The normalized spacial score (nSPS) is 15.0. The molecule has 0 radical (unpaired) electrons. The molecule has 2 rings (SSSR count). The Morgan fingerprint density at radius 2 is 2.12 bits per heavy atom. The highest BCUT2D eigenvalue weighted by atomic mass is 35.5. The lowest BCUT2D eigenvalue weighted by Crippen LogP contribution is -2.48. The first-order valence-corrected chi connectivity index (χ1v) is 7.50. The van der Waals surface area contributed by atoms with E-state index in [4.69, 9.17) is 5.73 Å². The van der Waals surface area contributed by atoms with Crippen LogP contribution in [0.2, 0.25) is 0 Å². The minimum Gasteiger partial charge on any atom is -0.353 e. The van der Waals surface area contributed by atoms with E-state index >= 15 is 0 Å². The van der Waals surface area contributed by atoms with Gasteiger partial charge in [-0.1, -0.05) is 13.8 Å². The Balaban J connectivity index is 0.00000264. The lowest BCUT2D eigenvalue weighted by molar-refractivity contribution is -0.120. The predicted molar refractivity (Wildman–Crippen MR) is 100 cm³/mol. The second-order valence-corrected chi connectivity index (χ2v) is 5.90. The van der Waals surface area contributed by atoms with Crippen molar-refractivity contribution in [3.63, 3.8) is 0 Å². The van der Waals surface area contributed by atoms with Crippen LogP contribution in [0, 0.1) is 5.92 Å². The first-order valence-electron chi connectivity index (χ1n) is 7.50. The van der Waals surface area contributed by atoms with Gasteiger partial charge in [-0.2, -0.15) is 0 Å². The fourth-order valence-electron chi connectivity index (χ4n) is 2.33. The van der Waals surface area contributed by atoms with Gasteiger partial charge in [0.1, 0.15) is 5.82 Å². The molecule has 4 N–H and O–H groups in total. The van der Waals surface area contributed by atoms with Crippen LogP contribution in [0.25, 0.3) is 0 Å². The molecule has 0 aromatic carbocycles. The van der Waals surface area contributed by atoms with Gasteiger partial charge in [0.05, 0.1) is 24.5 Å². The molecule has 1 saturated heterocycles. The minimum atomic E-state index is -0.523. The van der Waals surface area contributed by atoms with Crippen molar-refractivity contribution in [3.8, 4) is 0 Å². The van der Waals surface area contributed by atoms with Gasteiger partial charge in [-0.3, -0.25) is 9.59 Å². The van der Waals surface area contributed by atoms with Crippen molar-refractivity contribution in [3.05, 3.63) is 18.3 Å². The van der Waals surface area contributed by atoms with Gasteiger partial charge in [0.15, 0.2) is 0 Å². The third-order valence-corrected chi connectivity index (χ3v) is 3.44. The largest absolute Gasteiger partial charge is 0.353 e. The number of carbonyl (C=O) groups excluding carboxylic acids is 2. The fourth-order valence-corrected chi connectivity index (χ4v) is 2.33. The van der Waals surface area contributed by atoms with Gasteiger partial charge in [0.25, 0.3) is 0 Å². The summed E-state index contributed by atoms with van der Waals surface area (Å²) in [6, 6.07) is 3.04. The zero-order chi connectivity index (χ0) is 16.1. The van der Waals surface area contributed by atoms with Crippen molar-refractivity contribution in [2.75, 3.05) is 29.9 Å². The van der Waals surface area contributed by atoms with Crippen LogP contribution in [0.15, 0.2) is 18.3 Å². The predicted octanol–water partition coefficient (Wildman–Crippen LogP) is 1.17. The van der Waals surface area contributed by atoms with Crippen LogP contribution >= 0.6 is 24.8 Å². The molecule has 0 spiro atoms. The SMILES string of the molecule is CC(C)C[C@H](N)C(=O)Nc1ccc(N2CCNC(=O)C2)nc1.Cl.Cl. The fraction of sp³-hybridized carbons (Fsp3) is 0.533. The van der Waals surface area contributed by atoms with Crippen molar-refractivity contribution < 1.29 is 9.59 Å². The summed E-state index contributed by atoms with van der Waals surface area (Å²) >= 11 is 0. The molecule has 1 fully saturated rings. The summed E-state index contributed by atoms with van der Waals surface area (Å²) in [6.45, 7) is 5.70. The minimum absolute atomic E-state index is 0. The Bertz CT molecular complexity index is 539. The lowest BCUT2D eigenvalue weighted by Gasteiger charge is -2.27. The van der Waals surface area contributed by atoms with Gasteiger partial charge in [-0.05, 0) is 24.5 Å². The Kier molecular flexibility index (Phi) is 9.65. The first kappa shape index (κ1) is 22.4. The average Bonchev–Trinajstić information content (AvgIpc) is 2.47. The van der Waals surface area contributed by atoms with Crippen molar-refractivity contribution >= 4 is 48.1 Å². The molecular weight excluding hydrogens is 353 g/mol. The molecule has 24 heavy (non-hydrogen) atoms. The monoisotopic (exact) mass is 377 g/mol. The number of rotatable bonds is 5. The summed E-state index contributed by atoms with van der Waals surface area (Å²) in [5.41, 5.74) is 6.45. The number of hydrogen-bond acceptors (Lipinski definition) is 5. The second kappa shape index (κ2) is 10.3. The molecule has 0 saturated carbocycles. The third-order valence-electron chi connectivity index (χ3n) is 3.44. The number of hydrogen-bond donors (Lipinski definition) is 3. The van der Waals surface area contributed by atoms with E-state index in [2.05, 4.69) is 15.6 Å². The number of carbonyl (C=O) groups is 2. The van der Waals surface area contributed by atoms with E-state index in [1.165, 1.54) is 0 Å². The van der Waals surface area contributed by atoms with Crippen LogP contribution in [0.5, 0.6) is 0 Å². The van der Waals surface area contributed by atoms with E-state index in [-0.39, 0.29) is 36.6 Å². The Hall–Kier alpha value is -1.57. The quantitative estimate of drug-likeness (QED) is 0.714.